The van der Waals surface area contributed by atoms with Crippen LogP contribution in [0, 0.1) is 0 Å². The van der Waals surface area contributed by atoms with E-state index in [-0.39, 0.29) is 5.69 Å². The molecule has 0 spiro atoms. The Kier molecular flexibility index (Phi) is 6.01. The topological polar surface area (TPSA) is 89.2 Å². The summed E-state index contributed by atoms with van der Waals surface area (Å²) in [7, 11) is 1.31. The number of hydrogen-bond acceptors (Lipinski definition) is 5. The smallest absolute Gasteiger partial charge is 0.320 e. The van der Waals surface area contributed by atoms with Crippen molar-refractivity contribution in [2.24, 2.45) is 7.05 Å². The van der Waals surface area contributed by atoms with E-state index >= 15 is 0 Å². The Hall–Kier alpha value is -3.23. The van der Waals surface area contributed by atoms with Gasteiger partial charge in [-0.25, -0.2) is 4.79 Å². The van der Waals surface area contributed by atoms with Gasteiger partial charge < -0.3 is 5.32 Å². The van der Waals surface area contributed by atoms with Gasteiger partial charge in [-0.1, -0.05) is 23.7 Å². The molecule has 1 aliphatic rings. The van der Waals surface area contributed by atoms with Crippen LogP contribution in [0.1, 0.15) is 28.9 Å². The largest absolute Gasteiger partial charge is 0.351 e. The third-order valence-electron chi connectivity index (χ3n) is 5.28. The van der Waals surface area contributed by atoms with Crippen LogP contribution in [-0.2, 0) is 13.6 Å². The molecule has 1 aliphatic heterocycles. The number of amides is 1. The molecule has 4 rings (SSSR count). The quantitative estimate of drug-likeness (QED) is 0.659. The van der Waals surface area contributed by atoms with Gasteiger partial charge in [-0.2, -0.15) is 9.78 Å². The van der Waals surface area contributed by atoms with Gasteiger partial charge in [0.2, 0.25) is 5.69 Å². The lowest BCUT2D eigenvalue weighted by Crippen LogP contribution is -2.43. The molecule has 1 amide bonds. The van der Waals surface area contributed by atoms with E-state index in [0.29, 0.717) is 16.4 Å². The summed E-state index contributed by atoms with van der Waals surface area (Å²) in [5, 5.41) is 7.21. The number of halogens is 1. The Morgan fingerprint density at radius 3 is 2.32 bits per heavy atom. The van der Waals surface area contributed by atoms with Gasteiger partial charge in [0.15, 0.2) is 0 Å². The van der Waals surface area contributed by atoms with Crippen LogP contribution < -0.4 is 16.6 Å². The van der Waals surface area contributed by atoms with Gasteiger partial charge in [0, 0.05) is 24.3 Å². The minimum atomic E-state index is -0.765. The number of carbonyl (C=O) groups excluding carboxylic acids is 1. The highest BCUT2D eigenvalue weighted by Crippen LogP contribution is 2.16. The first kappa shape index (κ1) is 21.0. The van der Waals surface area contributed by atoms with Gasteiger partial charge in [-0.05, 0) is 67.9 Å². The lowest BCUT2D eigenvalue weighted by Gasteiger charge is -2.15. The van der Waals surface area contributed by atoms with E-state index in [0.717, 1.165) is 34.4 Å². The third kappa shape index (κ3) is 4.60. The summed E-state index contributed by atoms with van der Waals surface area (Å²) < 4.78 is 1.86. The molecule has 31 heavy (non-hydrogen) atoms. The van der Waals surface area contributed by atoms with Crippen molar-refractivity contribution in [2.75, 3.05) is 18.4 Å². The van der Waals surface area contributed by atoms with Crippen LogP contribution in [0.15, 0.2) is 58.1 Å². The van der Waals surface area contributed by atoms with Crippen LogP contribution in [-0.4, -0.2) is 38.2 Å². The number of aromatic nitrogens is 3. The van der Waals surface area contributed by atoms with Crippen molar-refractivity contribution < 1.29 is 4.79 Å². The summed E-state index contributed by atoms with van der Waals surface area (Å²) in [5.74, 6) is -0.685. The SMILES string of the molecule is Cn1c(=O)c(C(=O)Nc2ccc(CN3CCCC3)cc2)nn(-c2ccc(Cl)cc2)c1=O. The van der Waals surface area contributed by atoms with Crippen molar-refractivity contribution in [3.8, 4) is 5.69 Å². The Bertz CT molecular complexity index is 1210. The van der Waals surface area contributed by atoms with Crippen LogP contribution in [0.5, 0.6) is 0 Å². The van der Waals surface area contributed by atoms with E-state index < -0.39 is 17.2 Å². The number of hydrogen-bond donors (Lipinski definition) is 1. The van der Waals surface area contributed by atoms with Crippen LogP contribution in [0.3, 0.4) is 0 Å². The molecule has 1 N–H and O–H groups in total. The Morgan fingerprint density at radius 1 is 1.03 bits per heavy atom. The molecule has 0 atom stereocenters. The minimum Gasteiger partial charge on any atom is -0.320 e. The second-order valence-corrected chi connectivity index (χ2v) is 7.95. The highest BCUT2D eigenvalue weighted by Gasteiger charge is 2.19. The Morgan fingerprint density at radius 2 is 1.68 bits per heavy atom. The zero-order valence-electron chi connectivity index (χ0n) is 17.0. The second-order valence-electron chi connectivity index (χ2n) is 7.52. The summed E-state index contributed by atoms with van der Waals surface area (Å²) in [6.07, 6.45) is 2.46. The standard InChI is InChI=1S/C22H22ClN5O3/c1-26-21(30)19(25-28(22(26)31)18-10-6-16(23)7-11-18)20(29)24-17-8-4-15(5-9-17)14-27-12-2-3-13-27/h4-11H,2-3,12-14H2,1H3,(H,24,29). The van der Waals surface area contributed by atoms with Crippen molar-refractivity contribution in [1.82, 2.24) is 19.2 Å². The molecular formula is C22H22ClN5O3. The monoisotopic (exact) mass is 439 g/mol. The van der Waals surface area contributed by atoms with Crippen molar-refractivity contribution in [3.63, 3.8) is 0 Å². The molecule has 0 saturated carbocycles. The summed E-state index contributed by atoms with van der Waals surface area (Å²) in [5.41, 5.74) is 0.297. The first-order chi connectivity index (χ1) is 14.9. The van der Waals surface area contributed by atoms with Gasteiger partial charge in [-0.3, -0.25) is 19.1 Å². The normalized spacial score (nSPS) is 14.0. The number of nitrogens with zero attached hydrogens (tertiary/aromatic N) is 4. The number of likely N-dealkylation sites (tertiary alicyclic amines) is 1. The molecule has 1 saturated heterocycles. The number of nitrogens with one attached hydrogen (secondary N) is 1. The summed E-state index contributed by atoms with van der Waals surface area (Å²) in [4.78, 5) is 40.1. The highest BCUT2D eigenvalue weighted by molar-refractivity contribution is 6.30. The molecule has 9 heteroatoms. The second kappa shape index (κ2) is 8.87. The number of anilines is 1. The fourth-order valence-electron chi connectivity index (χ4n) is 3.55. The summed E-state index contributed by atoms with van der Waals surface area (Å²) in [6, 6.07) is 13.9. The van der Waals surface area contributed by atoms with Gasteiger partial charge >= 0.3 is 5.69 Å². The van der Waals surface area contributed by atoms with Crippen molar-refractivity contribution >= 4 is 23.2 Å². The average Bonchev–Trinajstić information content (AvgIpc) is 3.27. The van der Waals surface area contributed by atoms with Crippen LogP contribution >= 0.6 is 11.6 Å². The Labute approximate surface area is 183 Å². The Balaban J connectivity index is 1.57. The fourth-order valence-corrected chi connectivity index (χ4v) is 3.68. The third-order valence-corrected chi connectivity index (χ3v) is 5.53. The van der Waals surface area contributed by atoms with Crippen molar-refractivity contribution in [1.29, 1.82) is 0 Å². The maximum absolute atomic E-state index is 12.8. The molecule has 0 aliphatic carbocycles. The number of benzene rings is 2. The van der Waals surface area contributed by atoms with E-state index in [2.05, 4.69) is 15.3 Å². The molecule has 0 bridgehead atoms. The summed E-state index contributed by atoms with van der Waals surface area (Å²) in [6.45, 7) is 3.09. The first-order valence-electron chi connectivity index (χ1n) is 10.0. The van der Waals surface area contributed by atoms with Gasteiger partial charge in [-0.15, -0.1) is 0 Å². The maximum atomic E-state index is 12.8. The van der Waals surface area contributed by atoms with E-state index in [1.54, 1.807) is 36.4 Å². The van der Waals surface area contributed by atoms with Crippen molar-refractivity contribution in [2.45, 2.75) is 19.4 Å². The zero-order valence-corrected chi connectivity index (χ0v) is 17.8. The molecule has 2 aromatic carbocycles. The van der Waals surface area contributed by atoms with E-state index in [4.69, 9.17) is 11.6 Å². The molecule has 160 valence electrons. The minimum absolute atomic E-state index is 0.377. The molecule has 0 unspecified atom stereocenters. The lowest BCUT2D eigenvalue weighted by molar-refractivity contribution is 0.101. The fraction of sp³-hybridized carbons (Fsp3) is 0.273. The van der Waals surface area contributed by atoms with E-state index in [1.807, 2.05) is 12.1 Å². The van der Waals surface area contributed by atoms with Crippen LogP contribution in [0.2, 0.25) is 5.02 Å². The molecule has 0 radical (unpaired) electrons. The van der Waals surface area contributed by atoms with Gasteiger partial charge in [0.05, 0.1) is 5.69 Å². The predicted octanol–water partition coefficient (Wildman–Crippen LogP) is 2.43. The maximum Gasteiger partial charge on any atom is 0.351 e. The average molecular weight is 440 g/mol. The van der Waals surface area contributed by atoms with Gasteiger partial charge in [0.25, 0.3) is 11.5 Å². The van der Waals surface area contributed by atoms with Crippen LogP contribution in [0.4, 0.5) is 5.69 Å². The molecule has 1 aromatic heterocycles. The van der Waals surface area contributed by atoms with Gasteiger partial charge in [0.1, 0.15) is 0 Å². The van der Waals surface area contributed by atoms with Crippen molar-refractivity contribution in [3.05, 3.63) is 85.6 Å². The van der Waals surface area contributed by atoms with E-state index in [1.165, 1.54) is 19.9 Å². The highest BCUT2D eigenvalue weighted by atomic mass is 35.5. The predicted molar refractivity (Wildman–Crippen MR) is 119 cm³/mol. The summed E-state index contributed by atoms with van der Waals surface area (Å²) >= 11 is 5.90. The number of carbonyl (C=O) groups is 1. The molecular weight excluding hydrogens is 418 g/mol. The van der Waals surface area contributed by atoms with E-state index in [9.17, 15) is 14.4 Å². The zero-order chi connectivity index (χ0) is 22.0. The molecule has 2 heterocycles. The van der Waals surface area contributed by atoms with Crippen LogP contribution in [0.25, 0.3) is 5.69 Å². The molecule has 8 nitrogen and oxygen atoms in total. The molecule has 1 fully saturated rings. The first-order valence-corrected chi connectivity index (χ1v) is 10.4. The number of rotatable bonds is 5. The molecule has 3 aromatic rings. The lowest BCUT2D eigenvalue weighted by atomic mass is 10.2.